The first-order valence-corrected chi connectivity index (χ1v) is 5.27. The second kappa shape index (κ2) is 7.50. The third-order valence-corrected chi connectivity index (χ3v) is 2.02. The number of para-hydroxylation sites is 1. The molecule has 1 aromatic carbocycles. The fraction of sp³-hybridized carbons (Fsp3) is 0.417. The highest BCUT2D eigenvalue weighted by molar-refractivity contribution is 5.84. The van der Waals surface area contributed by atoms with Gasteiger partial charge in [0.25, 0.3) is 0 Å². The summed E-state index contributed by atoms with van der Waals surface area (Å²) in [6, 6.07) is 9.26. The number of carbonyl (C=O) groups is 1. The summed E-state index contributed by atoms with van der Waals surface area (Å²) in [5.74, 6) is 0. The van der Waals surface area contributed by atoms with Crippen LogP contribution in [0.15, 0.2) is 30.3 Å². The van der Waals surface area contributed by atoms with E-state index in [1.165, 1.54) is 0 Å². The molecule has 1 amide bonds. The number of benzene rings is 1. The number of nitrogens with one attached hydrogen (secondary N) is 1. The van der Waals surface area contributed by atoms with Crippen molar-refractivity contribution in [1.29, 1.82) is 0 Å². The summed E-state index contributed by atoms with van der Waals surface area (Å²) >= 11 is 0. The first kappa shape index (κ1) is 16.2. The van der Waals surface area contributed by atoms with E-state index in [0.717, 1.165) is 16.7 Å². The molecule has 0 aromatic heterocycles. The van der Waals surface area contributed by atoms with Gasteiger partial charge in [0.1, 0.15) is 13.2 Å². The molecule has 0 aliphatic carbocycles. The van der Waals surface area contributed by atoms with Gasteiger partial charge in [-0.15, -0.1) is 0 Å². The standard InChI is InChI=1S/C12H18N2O2.HI/c1-14(2,3)9-10-16-12(15)13-11-7-5-4-6-8-11;/h4-8H,9-10H2,1-3H3;1H. The molecule has 0 saturated heterocycles. The van der Waals surface area contributed by atoms with Crippen molar-refractivity contribution in [2.24, 2.45) is 0 Å². The largest absolute Gasteiger partial charge is 1.00 e. The summed E-state index contributed by atoms with van der Waals surface area (Å²) in [6.45, 7) is 1.21. The average Bonchev–Trinajstić information content (AvgIpc) is 2.17. The van der Waals surface area contributed by atoms with Crippen molar-refractivity contribution in [3.63, 3.8) is 0 Å². The number of rotatable bonds is 4. The normalized spacial score (nSPS) is 10.3. The number of halogens is 1. The lowest BCUT2D eigenvalue weighted by Gasteiger charge is -2.23. The molecule has 1 N–H and O–H groups in total. The minimum atomic E-state index is -0.403. The molecule has 0 aliphatic rings. The van der Waals surface area contributed by atoms with Gasteiger partial charge in [0, 0.05) is 5.69 Å². The highest BCUT2D eigenvalue weighted by atomic mass is 127. The molecule has 17 heavy (non-hydrogen) atoms. The van der Waals surface area contributed by atoms with Crippen LogP contribution in [0.1, 0.15) is 0 Å². The number of carbonyl (C=O) groups excluding carboxylic acids is 1. The molecular formula is C12H19IN2O2. The van der Waals surface area contributed by atoms with Gasteiger partial charge in [0.15, 0.2) is 0 Å². The molecule has 0 fully saturated rings. The first-order chi connectivity index (χ1) is 7.47. The Morgan fingerprint density at radius 1 is 1.24 bits per heavy atom. The second-order valence-corrected chi connectivity index (χ2v) is 4.64. The Labute approximate surface area is 120 Å². The Morgan fingerprint density at radius 2 is 1.82 bits per heavy atom. The van der Waals surface area contributed by atoms with Gasteiger partial charge in [-0.25, -0.2) is 4.79 Å². The molecule has 1 aromatic rings. The highest BCUT2D eigenvalue weighted by Crippen LogP contribution is 2.05. The molecule has 0 saturated carbocycles. The van der Waals surface area contributed by atoms with Crippen molar-refractivity contribution < 1.29 is 38.0 Å². The number of quaternary nitrogens is 1. The van der Waals surface area contributed by atoms with E-state index in [0.29, 0.717) is 6.61 Å². The molecule has 0 atom stereocenters. The number of likely N-dealkylation sites (N-methyl/N-ethyl adjacent to an activating group) is 1. The maximum absolute atomic E-state index is 11.4. The summed E-state index contributed by atoms with van der Waals surface area (Å²) in [6.07, 6.45) is -0.403. The molecule has 4 nitrogen and oxygen atoms in total. The lowest BCUT2D eigenvalue weighted by atomic mass is 10.3. The van der Waals surface area contributed by atoms with Crippen LogP contribution >= 0.6 is 0 Å². The number of anilines is 1. The van der Waals surface area contributed by atoms with Gasteiger partial charge in [-0.2, -0.15) is 0 Å². The Hall–Kier alpha value is -0.820. The predicted octanol–water partition coefficient (Wildman–Crippen LogP) is -1.05. The smallest absolute Gasteiger partial charge is 0.411 e. The van der Waals surface area contributed by atoms with Crippen molar-refractivity contribution in [1.82, 2.24) is 0 Å². The van der Waals surface area contributed by atoms with Crippen LogP contribution in [-0.2, 0) is 4.74 Å². The van der Waals surface area contributed by atoms with Gasteiger partial charge in [-0.1, -0.05) is 18.2 Å². The van der Waals surface area contributed by atoms with E-state index in [4.69, 9.17) is 4.74 Å². The van der Waals surface area contributed by atoms with Gasteiger partial charge < -0.3 is 33.2 Å². The number of amides is 1. The van der Waals surface area contributed by atoms with Crippen LogP contribution in [0.25, 0.3) is 0 Å². The lowest BCUT2D eigenvalue weighted by Crippen LogP contribution is -3.00. The molecule has 1 rings (SSSR count). The zero-order chi connectivity index (χ0) is 12.0. The van der Waals surface area contributed by atoms with Crippen LogP contribution in [0.4, 0.5) is 10.5 Å². The number of nitrogens with zero attached hydrogens (tertiary/aromatic N) is 1. The molecule has 0 unspecified atom stereocenters. The summed E-state index contributed by atoms with van der Waals surface area (Å²) in [4.78, 5) is 11.4. The molecule has 0 bridgehead atoms. The van der Waals surface area contributed by atoms with E-state index in [-0.39, 0.29) is 24.0 Å². The van der Waals surface area contributed by atoms with Crippen LogP contribution in [-0.4, -0.2) is 44.9 Å². The maximum Gasteiger partial charge on any atom is 0.411 e. The van der Waals surface area contributed by atoms with Crippen molar-refractivity contribution in [3.8, 4) is 0 Å². The summed E-state index contributed by atoms with van der Waals surface area (Å²) < 4.78 is 5.83. The predicted molar refractivity (Wildman–Crippen MR) is 64.3 cm³/mol. The van der Waals surface area contributed by atoms with E-state index in [9.17, 15) is 4.79 Å². The fourth-order valence-electron chi connectivity index (χ4n) is 1.09. The monoisotopic (exact) mass is 350 g/mol. The Bertz CT molecular complexity index is 336. The van der Waals surface area contributed by atoms with Gasteiger partial charge in [0.2, 0.25) is 0 Å². The Kier molecular flexibility index (Phi) is 7.13. The van der Waals surface area contributed by atoms with E-state index < -0.39 is 6.09 Å². The lowest BCUT2D eigenvalue weighted by molar-refractivity contribution is -0.870. The third-order valence-electron chi connectivity index (χ3n) is 2.02. The molecule has 96 valence electrons. The third kappa shape index (κ3) is 7.98. The van der Waals surface area contributed by atoms with E-state index in [2.05, 4.69) is 26.5 Å². The van der Waals surface area contributed by atoms with Crippen molar-refractivity contribution in [2.75, 3.05) is 39.6 Å². The molecule has 0 radical (unpaired) electrons. The zero-order valence-corrected chi connectivity index (χ0v) is 12.6. The SMILES string of the molecule is C[N+](C)(C)CCOC(=O)Nc1ccccc1.[I-]. The molecule has 0 aliphatic heterocycles. The topological polar surface area (TPSA) is 38.3 Å². The molecular weight excluding hydrogens is 331 g/mol. The number of hydrogen-bond acceptors (Lipinski definition) is 2. The van der Waals surface area contributed by atoms with Crippen molar-refractivity contribution in [2.45, 2.75) is 0 Å². The minimum Gasteiger partial charge on any atom is -1.00 e. The van der Waals surface area contributed by atoms with Crippen molar-refractivity contribution >= 4 is 11.8 Å². The first-order valence-electron chi connectivity index (χ1n) is 5.27. The Morgan fingerprint density at radius 3 is 2.35 bits per heavy atom. The number of hydrogen-bond donors (Lipinski definition) is 1. The highest BCUT2D eigenvalue weighted by Gasteiger charge is 2.09. The van der Waals surface area contributed by atoms with Crippen LogP contribution in [0, 0.1) is 0 Å². The van der Waals surface area contributed by atoms with E-state index in [1.807, 2.05) is 30.3 Å². The van der Waals surface area contributed by atoms with Gasteiger partial charge in [0.05, 0.1) is 21.1 Å². The van der Waals surface area contributed by atoms with Crippen LogP contribution in [0.2, 0.25) is 0 Å². The molecule has 5 heteroatoms. The van der Waals surface area contributed by atoms with Gasteiger partial charge in [-0.3, -0.25) is 5.32 Å². The molecule has 0 spiro atoms. The summed E-state index contributed by atoms with van der Waals surface area (Å²) in [7, 11) is 6.16. The van der Waals surface area contributed by atoms with Crippen LogP contribution in [0.3, 0.4) is 0 Å². The van der Waals surface area contributed by atoms with E-state index >= 15 is 0 Å². The number of ether oxygens (including phenoxy) is 1. The minimum absolute atomic E-state index is 0. The van der Waals surface area contributed by atoms with Crippen molar-refractivity contribution in [3.05, 3.63) is 30.3 Å². The second-order valence-electron chi connectivity index (χ2n) is 4.64. The van der Waals surface area contributed by atoms with Gasteiger partial charge in [-0.05, 0) is 12.1 Å². The maximum atomic E-state index is 11.4. The summed E-state index contributed by atoms with van der Waals surface area (Å²) in [5, 5.41) is 2.66. The van der Waals surface area contributed by atoms with E-state index in [1.54, 1.807) is 0 Å². The fourth-order valence-corrected chi connectivity index (χ4v) is 1.09. The van der Waals surface area contributed by atoms with Gasteiger partial charge >= 0.3 is 6.09 Å². The average molecular weight is 350 g/mol. The quantitative estimate of drug-likeness (QED) is 0.556. The molecule has 0 heterocycles. The Balaban J connectivity index is 0.00000256. The van der Waals surface area contributed by atoms with Crippen LogP contribution < -0.4 is 29.3 Å². The zero-order valence-electron chi connectivity index (χ0n) is 10.4. The van der Waals surface area contributed by atoms with Crippen LogP contribution in [0.5, 0.6) is 0 Å². The summed E-state index contributed by atoms with van der Waals surface area (Å²) in [5.41, 5.74) is 0.748.